The summed E-state index contributed by atoms with van der Waals surface area (Å²) in [7, 11) is 1.36. The van der Waals surface area contributed by atoms with Crippen LogP contribution in [0.5, 0.6) is 0 Å². The Kier molecular flexibility index (Phi) is 5.28. The minimum atomic E-state index is -0.859. The quantitative estimate of drug-likeness (QED) is 0.929. The number of hydrogen-bond acceptors (Lipinski definition) is 2. The van der Waals surface area contributed by atoms with Crippen molar-refractivity contribution in [2.24, 2.45) is 0 Å². The topological polar surface area (TPSA) is 49.4 Å². The second-order valence-corrected chi connectivity index (χ2v) is 5.25. The van der Waals surface area contributed by atoms with Gasteiger partial charge in [0.05, 0.1) is 17.3 Å². The Balaban J connectivity index is 2.03. The van der Waals surface area contributed by atoms with Crippen molar-refractivity contribution in [3.8, 4) is 0 Å². The molecule has 0 fully saturated rings. The number of nitrogens with one attached hydrogen (secondary N) is 1. The largest absolute Gasteiger partial charge is 0.332 e. The number of hydrogen-bond donors (Lipinski definition) is 1. The lowest BCUT2D eigenvalue weighted by Gasteiger charge is -2.17. The molecule has 0 aliphatic rings. The SMILES string of the molecule is CN(CC(=O)Nc1ccccc1Cl)C(=O)c1cc(F)cc(F)c1. The van der Waals surface area contributed by atoms with Crippen LogP contribution in [0, 0.1) is 11.6 Å². The first-order valence-electron chi connectivity index (χ1n) is 6.63. The first-order chi connectivity index (χ1) is 10.9. The van der Waals surface area contributed by atoms with Crippen LogP contribution in [0.4, 0.5) is 14.5 Å². The van der Waals surface area contributed by atoms with Gasteiger partial charge in [0.25, 0.3) is 5.91 Å². The van der Waals surface area contributed by atoms with Crippen molar-refractivity contribution in [1.82, 2.24) is 4.90 Å². The zero-order chi connectivity index (χ0) is 17.0. The van der Waals surface area contributed by atoms with Crippen LogP contribution in [-0.2, 0) is 4.79 Å². The zero-order valence-corrected chi connectivity index (χ0v) is 12.9. The summed E-state index contributed by atoms with van der Waals surface area (Å²) in [6.45, 7) is -0.289. The molecule has 2 rings (SSSR count). The van der Waals surface area contributed by atoms with Crippen LogP contribution in [0.3, 0.4) is 0 Å². The van der Waals surface area contributed by atoms with Gasteiger partial charge in [0.15, 0.2) is 0 Å². The lowest BCUT2D eigenvalue weighted by atomic mass is 10.2. The average Bonchev–Trinajstić information content (AvgIpc) is 2.47. The van der Waals surface area contributed by atoms with Crippen LogP contribution in [0.2, 0.25) is 5.02 Å². The Morgan fingerprint density at radius 1 is 1.13 bits per heavy atom. The Morgan fingerprint density at radius 3 is 2.35 bits per heavy atom. The number of nitrogens with zero attached hydrogens (tertiary/aromatic N) is 1. The van der Waals surface area contributed by atoms with Crippen LogP contribution in [0.1, 0.15) is 10.4 Å². The highest BCUT2D eigenvalue weighted by Gasteiger charge is 2.17. The van der Waals surface area contributed by atoms with Crippen LogP contribution < -0.4 is 5.32 Å². The molecule has 4 nitrogen and oxygen atoms in total. The summed E-state index contributed by atoms with van der Waals surface area (Å²) in [6.07, 6.45) is 0. The third kappa shape index (κ3) is 4.50. The van der Waals surface area contributed by atoms with Gasteiger partial charge >= 0.3 is 0 Å². The fourth-order valence-electron chi connectivity index (χ4n) is 1.94. The maximum Gasteiger partial charge on any atom is 0.254 e. The third-order valence-electron chi connectivity index (χ3n) is 2.98. The van der Waals surface area contributed by atoms with Crippen LogP contribution in [-0.4, -0.2) is 30.3 Å². The van der Waals surface area contributed by atoms with Gasteiger partial charge in [0, 0.05) is 18.7 Å². The third-order valence-corrected chi connectivity index (χ3v) is 3.31. The van der Waals surface area contributed by atoms with E-state index in [1.807, 2.05) is 0 Å². The smallest absolute Gasteiger partial charge is 0.254 e. The summed E-state index contributed by atoms with van der Waals surface area (Å²) >= 11 is 5.92. The molecule has 0 heterocycles. The van der Waals surface area contributed by atoms with E-state index < -0.39 is 23.4 Å². The molecule has 0 aliphatic carbocycles. The molecule has 0 saturated carbocycles. The van der Waals surface area contributed by atoms with Crippen molar-refractivity contribution in [3.63, 3.8) is 0 Å². The van der Waals surface area contributed by atoms with E-state index >= 15 is 0 Å². The maximum atomic E-state index is 13.1. The van der Waals surface area contributed by atoms with Crippen LogP contribution in [0.25, 0.3) is 0 Å². The maximum absolute atomic E-state index is 13.1. The number of para-hydroxylation sites is 1. The molecular formula is C16H13ClF2N2O2. The van der Waals surface area contributed by atoms with Gasteiger partial charge in [-0.05, 0) is 24.3 Å². The molecule has 23 heavy (non-hydrogen) atoms. The van der Waals surface area contributed by atoms with E-state index in [4.69, 9.17) is 11.6 Å². The van der Waals surface area contributed by atoms with Gasteiger partial charge in [-0.3, -0.25) is 9.59 Å². The molecule has 1 N–H and O–H groups in total. The first kappa shape index (κ1) is 16.9. The number of anilines is 1. The Bertz CT molecular complexity index is 732. The van der Waals surface area contributed by atoms with Gasteiger partial charge in [-0.1, -0.05) is 23.7 Å². The molecule has 0 saturated heterocycles. The Labute approximate surface area is 136 Å². The van der Waals surface area contributed by atoms with E-state index in [2.05, 4.69) is 5.32 Å². The molecule has 0 unspecified atom stereocenters. The van der Waals surface area contributed by atoms with Gasteiger partial charge in [0.2, 0.25) is 5.91 Å². The van der Waals surface area contributed by atoms with Crippen molar-refractivity contribution >= 4 is 29.1 Å². The molecule has 7 heteroatoms. The number of likely N-dealkylation sites (N-methyl/N-ethyl adjacent to an activating group) is 1. The Hall–Kier alpha value is -2.47. The summed E-state index contributed by atoms with van der Waals surface area (Å²) in [5.74, 6) is -2.87. The highest BCUT2D eigenvalue weighted by atomic mass is 35.5. The number of halogens is 3. The minimum absolute atomic E-state index is 0.171. The van der Waals surface area contributed by atoms with Gasteiger partial charge in [-0.2, -0.15) is 0 Å². The standard InChI is InChI=1S/C16H13ClF2N2O2/c1-21(16(23)10-6-11(18)8-12(19)7-10)9-15(22)20-14-5-3-2-4-13(14)17/h2-8H,9H2,1H3,(H,20,22). The van der Waals surface area contributed by atoms with Crippen molar-refractivity contribution < 1.29 is 18.4 Å². The summed E-state index contributed by atoms with van der Waals surface area (Å²) < 4.78 is 26.3. The van der Waals surface area contributed by atoms with Gasteiger partial charge in [-0.25, -0.2) is 8.78 Å². The van der Waals surface area contributed by atoms with Crippen molar-refractivity contribution in [2.45, 2.75) is 0 Å². The molecule has 0 bridgehead atoms. The molecule has 0 aliphatic heterocycles. The summed E-state index contributed by atoms with van der Waals surface area (Å²) in [5.41, 5.74) is 0.243. The van der Waals surface area contributed by atoms with E-state index in [1.54, 1.807) is 24.3 Å². The molecule has 2 aromatic carbocycles. The van der Waals surface area contributed by atoms with Crippen LogP contribution in [0.15, 0.2) is 42.5 Å². The van der Waals surface area contributed by atoms with Gasteiger partial charge < -0.3 is 10.2 Å². The van der Waals surface area contributed by atoms with E-state index in [9.17, 15) is 18.4 Å². The summed E-state index contributed by atoms with van der Waals surface area (Å²) in [5, 5.41) is 2.92. The van der Waals surface area contributed by atoms with E-state index in [-0.39, 0.29) is 12.1 Å². The van der Waals surface area contributed by atoms with Crippen molar-refractivity contribution in [2.75, 3.05) is 18.9 Å². The van der Waals surface area contributed by atoms with Gasteiger partial charge in [0.1, 0.15) is 11.6 Å². The van der Waals surface area contributed by atoms with E-state index in [0.717, 1.165) is 17.0 Å². The Morgan fingerprint density at radius 2 is 1.74 bits per heavy atom. The average molecular weight is 339 g/mol. The molecule has 2 aromatic rings. The highest BCUT2D eigenvalue weighted by Crippen LogP contribution is 2.20. The van der Waals surface area contributed by atoms with Crippen LogP contribution >= 0.6 is 11.6 Å². The van der Waals surface area contributed by atoms with E-state index in [0.29, 0.717) is 16.8 Å². The monoisotopic (exact) mass is 338 g/mol. The molecule has 0 aromatic heterocycles. The fourth-order valence-corrected chi connectivity index (χ4v) is 2.12. The number of rotatable bonds is 4. The fraction of sp³-hybridized carbons (Fsp3) is 0.125. The number of benzene rings is 2. The lowest BCUT2D eigenvalue weighted by molar-refractivity contribution is -0.116. The number of amides is 2. The molecule has 0 spiro atoms. The van der Waals surface area contributed by atoms with Crippen molar-refractivity contribution in [1.29, 1.82) is 0 Å². The molecule has 0 atom stereocenters. The predicted octanol–water partition coefficient (Wildman–Crippen LogP) is 3.33. The molecule has 0 radical (unpaired) electrons. The normalized spacial score (nSPS) is 10.3. The second kappa shape index (κ2) is 7.19. The summed E-state index contributed by atoms with van der Waals surface area (Å²) in [4.78, 5) is 25.1. The van der Waals surface area contributed by atoms with Gasteiger partial charge in [-0.15, -0.1) is 0 Å². The van der Waals surface area contributed by atoms with E-state index in [1.165, 1.54) is 7.05 Å². The lowest BCUT2D eigenvalue weighted by Crippen LogP contribution is -2.35. The number of carbonyl (C=O) groups is 2. The zero-order valence-electron chi connectivity index (χ0n) is 12.1. The minimum Gasteiger partial charge on any atom is -0.332 e. The predicted molar refractivity (Wildman–Crippen MR) is 83.4 cm³/mol. The van der Waals surface area contributed by atoms with Crippen molar-refractivity contribution in [3.05, 3.63) is 64.7 Å². The highest BCUT2D eigenvalue weighted by molar-refractivity contribution is 6.33. The molecule has 2 amide bonds. The molecular weight excluding hydrogens is 326 g/mol. The first-order valence-corrected chi connectivity index (χ1v) is 7.00. The number of carbonyl (C=O) groups excluding carboxylic acids is 2. The molecule has 120 valence electrons. The summed E-state index contributed by atoms with van der Waals surface area (Å²) in [6, 6.07) is 9.13. The second-order valence-electron chi connectivity index (χ2n) is 4.85.